The molecule has 1 fully saturated rings. The van der Waals surface area contributed by atoms with Crippen LogP contribution < -0.4 is 0 Å². The molecule has 2 N–H and O–H groups in total. The third kappa shape index (κ3) is 12.5. The van der Waals surface area contributed by atoms with Gasteiger partial charge in [-0.15, -0.1) is 0 Å². The maximum atomic E-state index is 12.6. The van der Waals surface area contributed by atoms with Crippen molar-refractivity contribution in [3.63, 3.8) is 0 Å². The van der Waals surface area contributed by atoms with Crippen molar-refractivity contribution in [1.82, 2.24) is 19.6 Å². The first kappa shape index (κ1) is 35.8. The molecule has 0 aromatic heterocycles. The molecule has 1 aliphatic heterocycles. The molecule has 10 heteroatoms. The number of amides is 2. The van der Waals surface area contributed by atoms with E-state index in [2.05, 4.69) is 44.4 Å². The van der Waals surface area contributed by atoms with E-state index in [0.717, 1.165) is 49.0 Å². The minimum absolute atomic E-state index is 0.0622. The van der Waals surface area contributed by atoms with Crippen molar-refractivity contribution in [3.05, 3.63) is 0 Å². The average molecular weight is 587 g/mol. The van der Waals surface area contributed by atoms with Gasteiger partial charge in [-0.1, -0.05) is 53.3 Å². The van der Waals surface area contributed by atoms with Crippen LogP contribution in [0.4, 0.5) is 0 Å². The Bertz CT molecular complexity index is 812. The van der Waals surface area contributed by atoms with Crippen LogP contribution in [0.3, 0.4) is 0 Å². The van der Waals surface area contributed by atoms with Gasteiger partial charge in [0, 0.05) is 19.6 Å². The van der Waals surface area contributed by atoms with Gasteiger partial charge in [0.05, 0.1) is 25.3 Å². The molecule has 8 nitrogen and oxygen atoms in total. The summed E-state index contributed by atoms with van der Waals surface area (Å²) < 4.78 is 0. The first-order valence-electron chi connectivity index (χ1n) is 14.6. The number of imide groups is 1. The summed E-state index contributed by atoms with van der Waals surface area (Å²) in [6.45, 7) is 16.2. The predicted molar refractivity (Wildman–Crippen MR) is 167 cm³/mol. The molecule has 3 unspecified atom stereocenters. The summed E-state index contributed by atoms with van der Waals surface area (Å²) >= 11 is 11.1. The quantitative estimate of drug-likeness (QED) is 0.162. The van der Waals surface area contributed by atoms with Crippen LogP contribution in [0.2, 0.25) is 0 Å². The van der Waals surface area contributed by atoms with Crippen molar-refractivity contribution in [2.75, 3.05) is 46.3 Å². The summed E-state index contributed by atoms with van der Waals surface area (Å²) in [6.07, 6.45) is 5.23. The molecule has 0 aliphatic carbocycles. The largest absolute Gasteiger partial charge is 0.393 e. The lowest BCUT2D eigenvalue weighted by molar-refractivity contribution is -0.140. The van der Waals surface area contributed by atoms with E-state index in [1.165, 1.54) is 4.90 Å². The number of nitrogens with zero attached hydrogens (tertiary/aromatic N) is 4. The lowest BCUT2D eigenvalue weighted by atomic mass is 9.79. The molecule has 0 saturated carbocycles. The number of aliphatic hydroxyl groups excluding tert-OH is 2. The molecule has 0 aromatic carbocycles. The fraction of sp³-hybridized carbons (Fsp3) is 0.862. The van der Waals surface area contributed by atoms with Crippen molar-refractivity contribution in [2.45, 2.75) is 105 Å². The van der Waals surface area contributed by atoms with E-state index in [4.69, 9.17) is 24.4 Å². The predicted octanol–water partition coefficient (Wildman–Crippen LogP) is 4.07. The highest BCUT2D eigenvalue weighted by Crippen LogP contribution is 2.32. The number of likely N-dealkylation sites (N-methyl/N-ethyl adjacent to an activating group) is 2. The standard InChI is InChI=1S/C29H54N4O4S2/c1-8-15-29(6,21-32(22-34)25(37)18-30(7)9-2)17-14-24(36)12-11-23(35)13-16-28(4,5)20-33-26(38)19-31(10-3)27(33)39/h22-24,35-36H,8-21H2,1-7H3. The van der Waals surface area contributed by atoms with Gasteiger partial charge in [-0.2, -0.15) is 0 Å². The molecule has 0 radical (unpaired) electrons. The summed E-state index contributed by atoms with van der Waals surface area (Å²) in [5.74, 6) is -0.195. The summed E-state index contributed by atoms with van der Waals surface area (Å²) in [4.78, 5) is 32.5. The Morgan fingerprint density at radius 3 is 2.10 bits per heavy atom. The molecule has 3 atom stereocenters. The van der Waals surface area contributed by atoms with Crippen LogP contribution in [0.25, 0.3) is 0 Å². The minimum atomic E-state index is -0.533. The number of aliphatic hydroxyl groups is 2. The number of carbonyl (C=O) groups is 2. The summed E-state index contributed by atoms with van der Waals surface area (Å²) in [5, 5.41) is 22.1. The normalized spacial score (nSPS) is 17.5. The van der Waals surface area contributed by atoms with E-state index in [1.54, 1.807) is 0 Å². The maximum absolute atomic E-state index is 12.6. The molecular formula is C29H54N4O4S2. The van der Waals surface area contributed by atoms with Crippen LogP contribution in [0.1, 0.15) is 92.9 Å². The second kappa shape index (κ2) is 16.9. The molecule has 2 amide bonds. The van der Waals surface area contributed by atoms with Crippen LogP contribution in [0.5, 0.6) is 0 Å². The molecule has 226 valence electrons. The van der Waals surface area contributed by atoms with Crippen molar-refractivity contribution in [3.8, 4) is 0 Å². The van der Waals surface area contributed by atoms with Gasteiger partial charge in [-0.3, -0.25) is 19.4 Å². The van der Waals surface area contributed by atoms with Crippen LogP contribution >= 0.6 is 24.4 Å². The first-order chi connectivity index (χ1) is 18.2. The number of hydrogen-bond acceptors (Lipinski definition) is 7. The van der Waals surface area contributed by atoms with Crippen LogP contribution in [-0.2, 0) is 9.59 Å². The van der Waals surface area contributed by atoms with Crippen molar-refractivity contribution in [1.29, 1.82) is 0 Å². The maximum Gasteiger partial charge on any atom is 0.243 e. The molecule has 0 spiro atoms. The van der Waals surface area contributed by atoms with E-state index >= 15 is 0 Å². The van der Waals surface area contributed by atoms with Gasteiger partial charge in [0.2, 0.25) is 12.3 Å². The summed E-state index contributed by atoms with van der Waals surface area (Å²) in [6, 6.07) is 0. The molecule has 1 saturated heterocycles. The number of carbonyl (C=O) groups excluding carboxylic acids is 2. The van der Waals surface area contributed by atoms with Gasteiger partial charge in [-0.25, -0.2) is 0 Å². The van der Waals surface area contributed by atoms with E-state index in [9.17, 15) is 19.8 Å². The van der Waals surface area contributed by atoms with Gasteiger partial charge in [0.25, 0.3) is 0 Å². The fourth-order valence-corrected chi connectivity index (χ4v) is 5.90. The van der Waals surface area contributed by atoms with Gasteiger partial charge in [0.15, 0.2) is 5.11 Å². The lowest BCUT2D eigenvalue weighted by Crippen LogP contribution is -2.43. The average Bonchev–Trinajstić information content (AvgIpc) is 3.15. The van der Waals surface area contributed by atoms with Gasteiger partial charge in [-0.05, 0) is 88.5 Å². The monoisotopic (exact) mass is 586 g/mol. The van der Waals surface area contributed by atoms with E-state index in [-0.39, 0.29) is 23.3 Å². The molecule has 0 aromatic rings. The molecule has 0 bridgehead atoms. The van der Waals surface area contributed by atoms with Crippen LogP contribution in [-0.4, -0.2) is 111 Å². The Morgan fingerprint density at radius 1 is 1.03 bits per heavy atom. The molecule has 1 rings (SSSR count). The van der Waals surface area contributed by atoms with Gasteiger partial charge in [0.1, 0.15) is 4.99 Å². The molecule has 1 heterocycles. The highest BCUT2D eigenvalue weighted by atomic mass is 32.1. The highest BCUT2D eigenvalue weighted by molar-refractivity contribution is 7.82. The number of rotatable bonds is 20. The third-order valence-electron chi connectivity index (χ3n) is 7.96. The van der Waals surface area contributed by atoms with Gasteiger partial charge >= 0.3 is 0 Å². The Hall–Kier alpha value is -1.20. The lowest BCUT2D eigenvalue weighted by Gasteiger charge is -2.34. The second-order valence-electron chi connectivity index (χ2n) is 12.4. The van der Waals surface area contributed by atoms with Gasteiger partial charge < -0.3 is 20.0 Å². The Morgan fingerprint density at radius 2 is 1.62 bits per heavy atom. The SMILES string of the molecule is CCCC(C)(CCC(O)CCC(O)CCC(C)(C)CN1C(=S)CN(CC)C1=S)CN(C=O)C(=O)CN(C)CC. The fourth-order valence-electron chi connectivity index (χ4n) is 5.17. The highest BCUT2D eigenvalue weighted by Gasteiger charge is 2.33. The number of hydrogen-bond donors (Lipinski definition) is 2. The minimum Gasteiger partial charge on any atom is -0.393 e. The topological polar surface area (TPSA) is 87.6 Å². The molecule has 1 aliphatic rings. The second-order valence-corrected chi connectivity index (χ2v) is 13.3. The Labute approximate surface area is 248 Å². The summed E-state index contributed by atoms with van der Waals surface area (Å²) in [7, 11) is 1.86. The van der Waals surface area contributed by atoms with Crippen molar-refractivity contribution < 1.29 is 19.8 Å². The Balaban J connectivity index is 2.52. The van der Waals surface area contributed by atoms with E-state index in [0.29, 0.717) is 51.6 Å². The molecule has 39 heavy (non-hydrogen) atoms. The summed E-state index contributed by atoms with van der Waals surface area (Å²) in [5.41, 5.74) is -0.322. The van der Waals surface area contributed by atoms with Crippen LogP contribution in [0.15, 0.2) is 0 Å². The Kier molecular flexibility index (Phi) is 15.5. The molecular weight excluding hydrogens is 532 g/mol. The zero-order valence-corrected chi connectivity index (χ0v) is 27.1. The van der Waals surface area contributed by atoms with Crippen molar-refractivity contribution >= 4 is 46.9 Å². The van der Waals surface area contributed by atoms with Crippen LogP contribution in [0, 0.1) is 10.8 Å². The van der Waals surface area contributed by atoms with E-state index < -0.39 is 12.2 Å². The zero-order chi connectivity index (χ0) is 29.8. The zero-order valence-electron chi connectivity index (χ0n) is 25.4. The third-order valence-corrected chi connectivity index (χ3v) is 8.79. The number of thiocarbonyl (C=S) groups is 2. The smallest absolute Gasteiger partial charge is 0.243 e. The first-order valence-corrected chi connectivity index (χ1v) is 15.4. The van der Waals surface area contributed by atoms with E-state index in [1.807, 2.05) is 18.9 Å². The van der Waals surface area contributed by atoms with Crippen molar-refractivity contribution in [2.24, 2.45) is 10.8 Å².